The Labute approximate surface area is 130 Å². The monoisotopic (exact) mass is 284 g/mol. The minimum absolute atomic E-state index is 0.588. The molecule has 1 unspecified atom stereocenters. The molecule has 0 N–H and O–H groups in total. The van der Waals surface area contributed by atoms with E-state index in [2.05, 4.69) is 43.4 Å². The van der Waals surface area contributed by atoms with Crippen molar-refractivity contribution in [3.8, 4) is 0 Å². The largest absolute Gasteiger partial charge is 0.260 e. The van der Waals surface area contributed by atoms with Gasteiger partial charge >= 0.3 is 0 Å². The Bertz CT molecular complexity index is 529. The van der Waals surface area contributed by atoms with E-state index in [4.69, 9.17) is 0 Å². The first-order valence-corrected chi connectivity index (χ1v) is 8.83. The zero-order chi connectivity index (χ0) is 14.9. The van der Waals surface area contributed by atoms with Crippen molar-refractivity contribution in [2.45, 2.75) is 71.6 Å². The van der Waals surface area contributed by atoms with E-state index in [9.17, 15) is 0 Å². The summed E-state index contributed by atoms with van der Waals surface area (Å²) in [4.78, 5) is 0. The summed E-state index contributed by atoms with van der Waals surface area (Å²) in [7, 11) is 0. The lowest BCUT2D eigenvalue weighted by Gasteiger charge is -2.12. The molecule has 115 valence electrons. The topological polar surface area (TPSA) is 14.1 Å². The number of benzene rings is 1. The molecule has 1 aliphatic heterocycles. The van der Waals surface area contributed by atoms with Crippen LogP contribution >= 0.6 is 0 Å². The first-order valence-electron chi connectivity index (χ1n) is 8.83. The van der Waals surface area contributed by atoms with E-state index in [0.717, 1.165) is 0 Å². The Kier molecular flexibility index (Phi) is 6.85. The van der Waals surface area contributed by atoms with E-state index in [1.807, 2.05) is 6.20 Å². The molecule has 1 aromatic carbocycles. The van der Waals surface area contributed by atoms with E-state index in [0.29, 0.717) is 5.92 Å². The van der Waals surface area contributed by atoms with Crippen LogP contribution in [-0.2, 0) is 0 Å². The summed E-state index contributed by atoms with van der Waals surface area (Å²) in [5.74, 6) is 0.588. The van der Waals surface area contributed by atoms with Crippen molar-refractivity contribution in [2.75, 3.05) is 0 Å². The quantitative estimate of drug-likeness (QED) is 0.568. The number of hydrogen-bond donors (Lipinski definition) is 0. The normalized spacial score (nSPS) is 14.5. The van der Waals surface area contributed by atoms with Gasteiger partial charge in [-0.1, -0.05) is 89.5 Å². The van der Waals surface area contributed by atoms with Crippen LogP contribution < -0.4 is 15.8 Å². The van der Waals surface area contributed by atoms with Gasteiger partial charge in [0.15, 0.2) is 0 Å². The molecule has 1 radical (unpaired) electrons. The summed E-state index contributed by atoms with van der Waals surface area (Å²) in [6, 6.07) is 8.59. The van der Waals surface area contributed by atoms with E-state index in [1.54, 1.807) is 0 Å². The molecule has 0 aliphatic carbocycles. The van der Waals surface area contributed by atoms with Crippen LogP contribution in [0, 0.1) is 5.92 Å². The first-order chi connectivity index (χ1) is 10.3. The van der Waals surface area contributed by atoms with Gasteiger partial charge in [-0.25, -0.2) is 0 Å². The first kappa shape index (κ1) is 16.1. The smallest absolute Gasteiger partial charge is 0.0510 e. The van der Waals surface area contributed by atoms with Crippen LogP contribution in [0.3, 0.4) is 0 Å². The molecule has 1 nitrogen and oxygen atoms in total. The van der Waals surface area contributed by atoms with E-state index in [-0.39, 0.29) is 0 Å². The summed E-state index contributed by atoms with van der Waals surface area (Å²) in [5, 5.41) is 7.28. The summed E-state index contributed by atoms with van der Waals surface area (Å²) >= 11 is 0. The standard InChI is InChI=1S/C20H30N/c1-3-4-5-6-7-8-9-10-13-17(2)20-19-15-12-11-14-18(19)16-21-20/h11-12,14-17H,3-10,13H2,1-2H3. The van der Waals surface area contributed by atoms with Crippen molar-refractivity contribution >= 4 is 11.9 Å². The Morgan fingerprint density at radius 2 is 1.57 bits per heavy atom. The maximum Gasteiger partial charge on any atom is 0.0510 e. The summed E-state index contributed by atoms with van der Waals surface area (Å²) < 4.78 is 0. The van der Waals surface area contributed by atoms with Crippen LogP contribution in [0.5, 0.6) is 0 Å². The zero-order valence-corrected chi connectivity index (χ0v) is 13.8. The van der Waals surface area contributed by atoms with Crippen LogP contribution in [0.2, 0.25) is 0 Å². The Hall–Kier alpha value is -1.24. The number of nitrogens with zero attached hydrogens (tertiary/aromatic N) is 1. The van der Waals surface area contributed by atoms with Crippen LogP contribution in [0.4, 0.5) is 0 Å². The summed E-state index contributed by atoms with van der Waals surface area (Å²) in [6.07, 6.45) is 14.5. The summed E-state index contributed by atoms with van der Waals surface area (Å²) in [6.45, 7) is 4.61. The van der Waals surface area contributed by atoms with Crippen molar-refractivity contribution in [1.29, 1.82) is 0 Å². The highest BCUT2D eigenvalue weighted by Gasteiger charge is 2.13. The van der Waals surface area contributed by atoms with Crippen molar-refractivity contribution in [2.24, 2.45) is 5.92 Å². The molecule has 2 rings (SSSR count). The Morgan fingerprint density at radius 3 is 2.33 bits per heavy atom. The molecule has 1 heterocycles. The minimum Gasteiger partial charge on any atom is -0.260 e. The van der Waals surface area contributed by atoms with Gasteiger partial charge in [0.2, 0.25) is 0 Å². The highest BCUT2D eigenvalue weighted by Crippen LogP contribution is 2.19. The average molecular weight is 284 g/mol. The fourth-order valence-electron chi connectivity index (χ4n) is 3.17. The van der Waals surface area contributed by atoms with Gasteiger partial charge in [0.1, 0.15) is 0 Å². The van der Waals surface area contributed by atoms with Crippen molar-refractivity contribution in [3.05, 3.63) is 34.7 Å². The van der Waals surface area contributed by atoms with Gasteiger partial charge in [-0.2, -0.15) is 0 Å². The van der Waals surface area contributed by atoms with Gasteiger partial charge in [-0.3, -0.25) is 5.32 Å². The van der Waals surface area contributed by atoms with Gasteiger partial charge in [-0.15, -0.1) is 0 Å². The maximum absolute atomic E-state index is 4.64. The second-order valence-electron chi connectivity index (χ2n) is 6.40. The predicted octanol–water partition coefficient (Wildman–Crippen LogP) is 4.32. The highest BCUT2D eigenvalue weighted by atomic mass is 14.9. The van der Waals surface area contributed by atoms with Gasteiger partial charge < -0.3 is 0 Å². The number of fused-ring (bicyclic) bond motifs is 1. The third-order valence-corrected chi connectivity index (χ3v) is 4.54. The molecular formula is C20H30N. The van der Waals surface area contributed by atoms with Crippen LogP contribution in [0.1, 0.15) is 71.6 Å². The third kappa shape index (κ3) is 4.91. The molecule has 0 spiro atoms. The Morgan fingerprint density at radius 1 is 0.905 bits per heavy atom. The molecule has 1 atom stereocenters. The SMILES string of the molecule is CCCCCCCCCCC(C)C1=c2ccccc2=C[N]1. The van der Waals surface area contributed by atoms with Crippen molar-refractivity contribution < 1.29 is 0 Å². The fourth-order valence-corrected chi connectivity index (χ4v) is 3.17. The molecule has 0 saturated carbocycles. The van der Waals surface area contributed by atoms with Crippen LogP contribution in [0.15, 0.2) is 24.3 Å². The zero-order valence-electron chi connectivity index (χ0n) is 13.8. The minimum atomic E-state index is 0.588. The number of unbranched alkanes of at least 4 members (excludes halogenated alkanes) is 7. The molecule has 1 aromatic rings. The fraction of sp³-hybridized carbons (Fsp3) is 0.600. The molecular weight excluding hydrogens is 254 g/mol. The number of hydrogen-bond acceptors (Lipinski definition) is 0. The second-order valence-corrected chi connectivity index (χ2v) is 6.40. The van der Waals surface area contributed by atoms with Crippen LogP contribution in [0.25, 0.3) is 11.9 Å². The molecule has 0 saturated heterocycles. The highest BCUT2D eigenvalue weighted by molar-refractivity contribution is 5.56. The molecule has 1 aliphatic rings. The van der Waals surface area contributed by atoms with Crippen molar-refractivity contribution in [1.82, 2.24) is 5.32 Å². The number of rotatable bonds is 10. The maximum atomic E-state index is 4.64. The lowest BCUT2D eigenvalue weighted by molar-refractivity contribution is 0.533. The summed E-state index contributed by atoms with van der Waals surface area (Å²) in [5.41, 5.74) is 1.30. The van der Waals surface area contributed by atoms with Crippen LogP contribution in [-0.4, -0.2) is 0 Å². The van der Waals surface area contributed by atoms with Crippen molar-refractivity contribution in [3.63, 3.8) is 0 Å². The van der Waals surface area contributed by atoms with Gasteiger partial charge in [0, 0.05) is 16.6 Å². The molecule has 0 amide bonds. The molecule has 0 bridgehead atoms. The van der Waals surface area contributed by atoms with Gasteiger partial charge in [0.05, 0.1) is 5.70 Å². The lowest BCUT2D eigenvalue weighted by Crippen LogP contribution is -2.24. The Balaban J connectivity index is 1.67. The van der Waals surface area contributed by atoms with Gasteiger partial charge in [-0.05, 0) is 12.3 Å². The second kappa shape index (κ2) is 8.92. The molecule has 21 heavy (non-hydrogen) atoms. The lowest BCUT2D eigenvalue weighted by atomic mass is 9.97. The third-order valence-electron chi connectivity index (χ3n) is 4.54. The average Bonchev–Trinajstić information content (AvgIpc) is 2.94. The molecule has 0 aromatic heterocycles. The van der Waals surface area contributed by atoms with E-state index in [1.165, 1.54) is 73.9 Å². The van der Waals surface area contributed by atoms with E-state index >= 15 is 0 Å². The van der Waals surface area contributed by atoms with E-state index < -0.39 is 0 Å². The predicted molar refractivity (Wildman–Crippen MR) is 92.1 cm³/mol. The molecule has 1 heteroatoms. The molecule has 0 fully saturated rings. The van der Waals surface area contributed by atoms with Gasteiger partial charge in [0.25, 0.3) is 0 Å².